The van der Waals surface area contributed by atoms with Gasteiger partial charge >= 0.3 is 0 Å². The van der Waals surface area contributed by atoms with Crippen LogP contribution in [0.2, 0.25) is 0 Å². The molecule has 0 aromatic carbocycles. The summed E-state index contributed by atoms with van der Waals surface area (Å²) in [7, 11) is 2.08. The Hall–Kier alpha value is -2.83. The summed E-state index contributed by atoms with van der Waals surface area (Å²) in [6.07, 6.45) is 4.97. The van der Waals surface area contributed by atoms with E-state index in [1.807, 2.05) is 19.1 Å². The van der Waals surface area contributed by atoms with Gasteiger partial charge in [0.25, 0.3) is 0 Å². The minimum Gasteiger partial charge on any atom is -0.352 e. The van der Waals surface area contributed by atoms with Crippen molar-refractivity contribution in [2.75, 3.05) is 29.9 Å². The number of nitrogens with zero attached hydrogens (tertiary/aromatic N) is 7. The molecule has 0 saturated carbocycles. The minimum atomic E-state index is 0.387. The molecule has 0 aliphatic carbocycles. The summed E-state index contributed by atoms with van der Waals surface area (Å²) in [4.78, 5) is 26.2. The molecule has 1 saturated heterocycles. The van der Waals surface area contributed by atoms with E-state index in [0.29, 0.717) is 6.04 Å². The van der Waals surface area contributed by atoms with Crippen LogP contribution in [-0.2, 0) is 0 Å². The lowest BCUT2D eigenvalue weighted by molar-refractivity contribution is 0.489. The fourth-order valence-corrected chi connectivity index (χ4v) is 3.05. The molecule has 4 rings (SSSR count). The highest BCUT2D eigenvalue weighted by Crippen LogP contribution is 2.29. The second kappa shape index (κ2) is 5.67. The van der Waals surface area contributed by atoms with E-state index in [1.54, 1.807) is 18.9 Å². The van der Waals surface area contributed by atoms with E-state index in [-0.39, 0.29) is 0 Å². The van der Waals surface area contributed by atoms with E-state index >= 15 is 0 Å². The first kappa shape index (κ1) is 14.7. The lowest BCUT2D eigenvalue weighted by atomic mass is 10.1. The van der Waals surface area contributed by atoms with Gasteiger partial charge in [0.1, 0.15) is 24.3 Å². The Morgan fingerprint density at radius 1 is 1.04 bits per heavy atom. The average Bonchev–Trinajstić information content (AvgIpc) is 2.56. The van der Waals surface area contributed by atoms with Crippen LogP contribution in [0.1, 0.15) is 11.3 Å². The number of anilines is 2. The third-order valence-electron chi connectivity index (χ3n) is 4.74. The van der Waals surface area contributed by atoms with Gasteiger partial charge in [0.15, 0.2) is 5.65 Å². The van der Waals surface area contributed by atoms with Crippen LogP contribution in [0.5, 0.6) is 0 Å². The Bertz CT molecular complexity index is 884. The third-order valence-corrected chi connectivity index (χ3v) is 4.74. The fraction of sp³-hybridized carbons (Fsp3) is 0.353. The summed E-state index contributed by atoms with van der Waals surface area (Å²) >= 11 is 0. The first-order valence-electron chi connectivity index (χ1n) is 7.97. The Morgan fingerprint density at radius 3 is 2.67 bits per heavy atom. The van der Waals surface area contributed by atoms with Crippen molar-refractivity contribution in [2.45, 2.75) is 19.9 Å². The van der Waals surface area contributed by atoms with Gasteiger partial charge in [-0.25, -0.2) is 24.9 Å². The molecule has 1 fully saturated rings. The normalized spacial score (nSPS) is 14.7. The predicted octanol–water partition coefficient (Wildman–Crippen LogP) is 1.76. The summed E-state index contributed by atoms with van der Waals surface area (Å²) in [5, 5.41) is 0.981. The molecule has 24 heavy (non-hydrogen) atoms. The molecule has 122 valence electrons. The Labute approximate surface area is 140 Å². The predicted molar refractivity (Wildman–Crippen MR) is 93.2 cm³/mol. The maximum Gasteiger partial charge on any atom is 0.164 e. The largest absolute Gasteiger partial charge is 0.352 e. The molecule has 0 bridgehead atoms. The monoisotopic (exact) mass is 321 g/mol. The number of hydrogen-bond donors (Lipinski definition) is 0. The molecule has 0 spiro atoms. The molecule has 1 aliphatic rings. The van der Waals surface area contributed by atoms with Gasteiger partial charge in [0, 0.05) is 37.6 Å². The third kappa shape index (κ3) is 2.33. The zero-order chi connectivity index (χ0) is 16.7. The topological polar surface area (TPSA) is 70.9 Å². The van der Waals surface area contributed by atoms with Crippen LogP contribution < -0.4 is 9.80 Å². The van der Waals surface area contributed by atoms with Crippen LogP contribution in [0.15, 0.2) is 31.0 Å². The zero-order valence-corrected chi connectivity index (χ0v) is 14.0. The standard InChI is InChI=1S/C17H19N7/c1-11-12(2)19-9-21-16(11)24-7-13(8-24)23(3)17-14-5-4-6-18-15(14)20-10-22-17/h4-6,9-10,13H,7-8H2,1-3H3. The first-order valence-corrected chi connectivity index (χ1v) is 7.97. The van der Waals surface area contributed by atoms with Gasteiger partial charge in [-0.2, -0.15) is 0 Å². The van der Waals surface area contributed by atoms with Gasteiger partial charge in [-0.3, -0.25) is 0 Å². The van der Waals surface area contributed by atoms with Gasteiger partial charge in [-0.05, 0) is 26.0 Å². The molecule has 0 unspecified atom stereocenters. The number of rotatable bonds is 3. The van der Waals surface area contributed by atoms with Gasteiger partial charge in [-0.1, -0.05) is 0 Å². The quantitative estimate of drug-likeness (QED) is 0.728. The summed E-state index contributed by atoms with van der Waals surface area (Å²) in [5.41, 5.74) is 2.91. The Morgan fingerprint density at radius 2 is 1.83 bits per heavy atom. The summed E-state index contributed by atoms with van der Waals surface area (Å²) in [6, 6.07) is 4.32. The van der Waals surface area contributed by atoms with Crippen LogP contribution in [0, 0.1) is 13.8 Å². The van der Waals surface area contributed by atoms with Crippen molar-refractivity contribution in [3.63, 3.8) is 0 Å². The Balaban J connectivity index is 1.55. The molecule has 3 aromatic heterocycles. The zero-order valence-electron chi connectivity index (χ0n) is 14.0. The summed E-state index contributed by atoms with van der Waals surface area (Å²) in [5.74, 6) is 1.95. The molecule has 7 nitrogen and oxygen atoms in total. The van der Waals surface area contributed by atoms with E-state index < -0.39 is 0 Å². The summed E-state index contributed by atoms with van der Waals surface area (Å²) < 4.78 is 0. The van der Waals surface area contributed by atoms with Crippen molar-refractivity contribution in [3.8, 4) is 0 Å². The highest BCUT2D eigenvalue weighted by atomic mass is 15.3. The maximum atomic E-state index is 4.47. The lowest BCUT2D eigenvalue weighted by Gasteiger charge is -2.45. The molecule has 7 heteroatoms. The number of fused-ring (bicyclic) bond motifs is 1. The van der Waals surface area contributed by atoms with E-state index in [1.165, 1.54) is 0 Å². The van der Waals surface area contributed by atoms with Gasteiger partial charge in [-0.15, -0.1) is 0 Å². The van der Waals surface area contributed by atoms with E-state index in [0.717, 1.165) is 47.0 Å². The molecule has 3 aromatic rings. The van der Waals surface area contributed by atoms with Crippen LogP contribution >= 0.6 is 0 Å². The number of hydrogen-bond acceptors (Lipinski definition) is 7. The molecule has 0 atom stereocenters. The molecular formula is C17H19N7. The first-order chi connectivity index (χ1) is 11.6. The summed E-state index contributed by atoms with van der Waals surface area (Å²) in [6.45, 7) is 5.92. The molecule has 4 heterocycles. The SMILES string of the molecule is Cc1ncnc(N2CC(N(C)c3ncnc4ncccc34)C2)c1C. The second-order valence-corrected chi connectivity index (χ2v) is 6.15. The number of aryl methyl sites for hydroxylation is 1. The molecular weight excluding hydrogens is 302 g/mol. The molecule has 1 aliphatic heterocycles. The minimum absolute atomic E-state index is 0.387. The van der Waals surface area contributed by atoms with Crippen molar-refractivity contribution in [1.82, 2.24) is 24.9 Å². The van der Waals surface area contributed by atoms with Gasteiger partial charge in [0.05, 0.1) is 11.4 Å². The number of aromatic nitrogens is 5. The highest BCUT2D eigenvalue weighted by molar-refractivity contribution is 5.86. The highest BCUT2D eigenvalue weighted by Gasteiger charge is 2.33. The van der Waals surface area contributed by atoms with Crippen LogP contribution in [-0.4, -0.2) is 51.1 Å². The average molecular weight is 321 g/mol. The number of likely N-dealkylation sites (N-methyl/N-ethyl adjacent to an activating group) is 1. The van der Waals surface area contributed by atoms with Crippen molar-refractivity contribution >= 4 is 22.7 Å². The molecule has 0 radical (unpaired) electrons. The van der Waals surface area contributed by atoms with Gasteiger partial charge < -0.3 is 9.80 Å². The smallest absolute Gasteiger partial charge is 0.164 e. The van der Waals surface area contributed by atoms with Crippen molar-refractivity contribution in [3.05, 3.63) is 42.2 Å². The van der Waals surface area contributed by atoms with Crippen molar-refractivity contribution in [1.29, 1.82) is 0 Å². The fourth-order valence-electron chi connectivity index (χ4n) is 3.05. The van der Waals surface area contributed by atoms with Crippen LogP contribution in [0.25, 0.3) is 11.0 Å². The molecule has 0 amide bonds. The maximum absolute atomic E-state index is 4.47. The molecule has 0 N–H and O–H groups in total. The van der Waals surface area contributed by atoms with Crippen molar-refractivity contribution < 1.29 is 0 Å². The van der Waals surface area contributed by atoms with E-state index in [9.17, 15) is 0 Å². The second-order valence-electron chi connectivity index (χ2n) is 6.15. The van der Waals surface area contributed by atoms with Crippen LogP contribution in [0.3, 0.4) is 0 Å². The van der Waals surface area contributed by atoms with Crippen molar-refractivity contribution in [2.24, 2.45) is 0 Å². The van der Waals surface area contributed by atoms with Gasteiger partial charge in [0.2, 0.25) is 0 Å². The number of pyridine rings is 1. The lowest BCUT2D eigenvalue weighted by Crippen LogP contribution is -2.59. The Kier molecular flexibility index (Phi) is 3.48. The van der Waals surface area contributed by atoms with E-state index in [2.05, 4.69) is 48.7 Å². The van der Waals surface area contributed by atoms with Crippen LogP contribution in [0.4, 0.5) is 11.6 Å². The van der Waals surface area contributed by atoms with E-state index in [4.69, 9.17) is 0 Å².